The summed E-state index contributed by atoms with van der Waals surface area (Å²) in [6, 6.07) is 7.32. The topological polar surface area (TPSA) is 86.6 Å². The number of nitrogens with one attached hydrogen (secondary N) is 1. The van der Waals surface area contributed by atoms with Gasteiger partial charge in [0.2, 0.25) is 5.91 Å². The summed E-state index contributed by atoms with van der Waals surface area (Å²) in [6.07, 6.45) is 1.49. The predicted molar refractivity (Wildman–Crippen MR) is 75.5 cm³/mol. The van der Waals surface area contributed by atoms with Gasteiger partial charge in [0.25, 0.3) is 0 Å². The van der Waals surface area contributed by atoms with Crippen LogP contribution in [0.1, 0.15) is 36.4 Å². The molecule has 1 aromatic rings. The van der Waals surface area contributed by atoms with Gasteiger partial charge in [-0.1, -0.05) is 24.3 Å². The molecule has 3 N–H and O–H groups in total. The van der Waals surface area contributed by atoms with Gasteiger partial charge in [0.05, 0.1) is 18.1 Å². The number of hydrogen-bond donors (Lipinski definition) is 3. The first kappa shape index (κ1) is 14.1. The van der Waals surface area contributed by atoms with E-state index in [0.29, 0.717) is 25.7 Å². The Morgan fingerprint density at radius 1 is 1.14 bits per heavy atom. The number of carboxylic acid groups (broad SMARTS) is 1. The summed E-state index contributed by atoms with van der Waals surface area (Å²) in [5, 5.41) is 22.0. The average molecular weight is 289 g/mol. The van der Waals surface area contributed by atoms with Crippen molar-refractivity contribution < 1.29 is 19.8 Å². The van der Waals surface area contributed by atoms with E-state index in [1.165, 1.54) is 0 Å². The first-order valence-corrected chi connectivity index (χ1v) is 7.35. The summed E-state index contributed by atoms with van der Waals surface area (Å²) >= 11 is 0. The van der Waals surface area contributed by atoms with Crippen LogP contribution < -0.4 is 5.32 Å². The summed E-state index contributed by atoms with van der Waals surface area (Å²) in [5.41, 5.74) is 2.02. The normalized spacial score (nSPS) is 30.9. The van der Waals surface area contributed by atoms with Crippen molar-refractivity contribution in [2.24, 2.45) is 11.8 Å². The van der Waals surface area contributed by atoms with Crippen molar-refractivity contribution in [1.29, 1.82) is 0 Å². The van der Waals surface area contributed by atoms with Crippen LogP contribution in [0, 0.1) is 11.8 Å². The monoisotopic (exact) mass is 289 g/mol. The molecule has 0 saturated heterocycles. The highest BCUT2D eigenvalue weighted by Crippen LogP contribution is 2.34. The molecular formula is C16H19NO4. The van der Waals surface area contributed by atoms with Gasteiger partial charge in [0.1, 0.15) is 0 Å². The van der Waals surface area contributed by atoms with E-state index in [4.69, 9.17) is 5.11 Å². The van der Waals surface area contributed by atoms with Crippen molar-refractivity contribution in [3.8, 4) is 0 Å². The highest BCUT2D eigenvalue weighted by Gasteiger charge is 2.37. The number of aliphatic carboxylic acids is 1. The molecule has 0 bridgehead atoms. The molecule has 3 rings (SSSR count). The maximum atomic E-state index is 12.3. The zero-order chi connectivity index (χ0) is 15.0. The lowest BCUT2D eigenvalue weighted by atomic mass is 10.0. The van der Waals surface area contributed by atoms with Crippen molar-refractivity contribution in [2.45, 2.75) is 37.8 Å². The molecule has 4 atom stereocenters. The van der Waals surface area contributed by atoms with E-state index >= 15 is 0 Å². The Labute approximate surface area is 123 Å². The molecule has 0 radical (unpaired) electrons. The molecule has 2 aliphatic rings. The molecule has 2 unspecified atom stereocenters. The van der Waals surface area contributed by atoms with Gasteiger partial charge in [-0.25, -0.2) is 0 Å². The van der Waals surface area contributed by atoms with Gasteiger partial charge in [0.15, 0.2) is 0 Å². The minimum Gasteiger partial charge on any atom is -0.481 e. The van der Waals surface area contributed by atoms with Crippen LogP contribution in [-0.2, 0) is 16.0 Å². The highest BCUT2D eigenvalue weighted by molar-refractivity contribution is 5.81. The second-order valence-electron chi connectivity index (χ2n) is 6.00. The zero-order valence-electron chi connectivity index (χ0n) is 11.7. The van der Waals surface area contributed by atoms with E-state index in [0.717, 1.165) is 11.1 Å². The van der Waals surface area contributed by atoms with Crippen LogP contribution >= 0.6 is 0 Å². The lowest BCUT2D eigenvalue weighted by Gasteiger charge is -2.20. The van der Waals surface area contributed by atoms with Crippen LogP contribution in [0.5, 0.6) is 0 Å². The largest absolute Gasteiger partial charge is 0.481 e. The number of carbonyl (C=O) groups excluding carboxylic acids is 1. The average Bonchev–Trinajstić information content (AvgIpc) is 3.05. The van der Waals surface area contributed by atoms with Gasteiger partial charge < -0.3 is 15.5 Å². The summed E-state index contributed by atoms with van der Waals surface area (Å²) in [6.45, 7) is 0. The van der Waals surface area contributed by atoms with E-state index in [1.807, 2.05) is 24.3 Å². The Kier molecular flexibility index (Phi) is 3.68. The first-order chi connectivity index (χ1) is 10.1. The Hall–Kier alpha value is -1.88. The van der Waals surface area contributed by atoms with Gasteiger partial charge in [-0.15, -0.1) is 0 Å². The summed E-state index contributed by atoms with van der Waals surface area (Å²) in [4.78, 5) is 23.3. The fourth-order valence-corrected chi connectivity index (χ4v) is 3.46. The Balaban J connectivity index is 1.67. The number of amides is 1. The predicted octanol–water partition coefficient (Wildman–Crippen LogP) is 1.26. The molecule has 21 heavy (non-hydrogen) atoms. The Morgan fingerprint density at radius 3 is 2.57 bits per heavy atom. The molecule has 1 fully saturated rings. The number of hydrogen-bond acceptors (Lipinski definition) is 3. The zero-order valence-corrected chi connectivity index (χ0v) is 11.7. The molecule has 0 spiro atoms. The fourth-order valence-electron chi connectivity index (χ4n) is 3.46. The van der Waals surface area contributed by atoms with Crippen LogP contribution in [-0.4, -0.2) is 28.2 Å². The van der Waals surface area contributed by atoms with Crippen LogP contribution in [0.2, 0.25) is 0 Å². The SMILES string of the molecule is O=C(O)C1CCC(C(=O)N[C@H]2c3ccccc3C[C@H]2O)C1. The molecule has 0 aliphatic heterocycles. The lowest BCUT2D eigenvalue weighted by molar-refractivity contribution is -0.141. The van der Waals surface area contributed by atoms with Crippen LogP contribution in [0.4, 0.5) is 0 Å². The minimum atomic E-state index is -0.823. The van der Waals surface area contributed by atoms with Crippen molar-refractivity contribution in [3.05, 3.63) is 35.4 Å². The molecule has 1 saturated carbocycles. The van der Waals surface area contributed by atoms with E-state index < -0.39 is 18.0 Å². The third-order valence-electron chi connectivity index (χ3n) is 4.65. The van der Waals surface area contributed by atoms with Gasteiger partial charge in [-0.3, -0.25) is 9.59 Å². The van der Waals surface area contributed by atoms with Crippen LogP contribution in [0.25, 0.3) is 0 Å². The molecule has 1 amide bonds. The van der Waals surface area contributed by atoms with Crippen molar-refractivity contribution in [2.75, 3.05) is 0 Å². The maximum Gasteiger partial charge on any atom is 0.306 e. The van der Waals surface area contributed by atoms with E-state index in [-0.39, 0.29) is 17.9 Å². The number of carbonyl (C=O) groups is 2. The molecule has 0 aromatic heterocycles. The van der Waals surface area contributed by atoms with Gasteiger partial charge >= 0.3 is 5.97 Å². The smallest absolute Gasteiger partial charge is 0.306 e. The van der Waals surface area contributed by atoms with Gasteiger partial charge in [0, 0.05) is 12.3 Å². The molecule has 1 aromatic carbocycles. The quantitative estimate of drug-likeness (QED) is 0.782. The Bertz CT molecular complexity index is 571. The van der Waals surface area contributed by atoms with Crippen LogP contribution in [0.15, 0.2) is 24.3 Å². The second kappa shape index (κ2) is 5.48. The van der Waals surface area contributed by atoms with E-state index in [2.05, 4.69) is 5.32 Å². The molecule has 5 heteroatoms. The standard InChI is InChI=1S/C16H19NO4/c18-13-8-9-3-1-2-4-12(9)14(13)17-15(19)10-5-6-11(7-10)16(20)21/h1-4,10-11,13-14,18H,5-8H2,(H,17,19)(H,20,21)/t10?,11?,13-,14+/m1/s1. The number of benzene rings is 1. The van der Waals surface area contributed by atoms with E-state index in [9.17, 15) is 14.7 Å². The lowest BCUT2D eigenvalue weighted by Crippen LogP contribution is -2.37. The number of fused-ring (bicyclic) bond motifs is 1. The second-order valence-corrected chi connectivity index (χ2v) is 6.00. The van der Waals surface area contributed by atoms with E-state index in [1.54, 1.807) is 0 Å². The third-order valence-corrected chi connectivity index (χ3v) is 4.65. The number of aliphatic hydroxyl groups is 1. The first-order valence-electron chi connectivity index (χ1n) is 7.35. The molecule has 5 nitrogen and oxygen atoms in total. The number of rotatable bonds is 3. The maximum absolute atomic E-state index is 12.3. The minimum absolute atomic E-state index is 0.139. The number of carboxylic acids is 1. The van der Waals surface area contributed by atoms with Gasteiger partial charge in [-0.2, -0.15) is 0 Å². The molecule has 112 valence electrons. The third kappa shape index (κ3) is 2.65. The van der Waals surface area contributed by atoms with Gasteiger partial charge in [-0.05, 0) is 30.4 Å². The summed E-state index contributed by atoms with van der Waals surface area (Å²) in [5.74, 6) is -1.64. The summed E-state index contributed by atoms with van der Waals surface area (Å²) < 4.78 is 0. The molecule has 2 aliphatic carbocycles. The highest BCUT2D eigenvalue weighted by atomic mass is 16.4. The molecular weight excluding hydrogens is 270 g/mol. The number of aliphatic hydroxyl groups excluding tert-OH is 1. The van der Waals surface area contributed by atoms with Crippen LogP contribution in [0.3, 0.4) is 0 Å². The Morgan fingerprint density at radius 2 is 1.86 bits per heavy atom. The van der Waals surface area contributed by atoms with Crippen molar-refractivity contribution in [1.82, 2.24) is 5.32 Å². The fraction of sp³-hybridized carbons (Fsp3) is 0.500. The van der Waals surface area contributed by atoms with Crippen molar-refractivity contribution in [3.63, 3.8) is 0 Å². The van der Waals surface area contributed by atoms with Crippen molar-refractivity contribution >= 4 is 11.9 Å². The summed E-state index contributed by atoms with van der Waals surface area (Å²) in [7, 11) is 0. The molecule has 0 heterocycles.